The lowest BCUT2D eigenvalue weighted by Crippen LogP contribution is -2.51. The Morgan fingerprint density at radius 1 is 1.58 bits per heavy atom. The molecular formula is C12H21N3O2S2. The molecular weight excluding hydrogens is 282 g/mol. The second-order valence-electron chi connectivity index (χ2n) is 4.78. The Labute approximate surface area is 122 Å². The lowest BCUT2D eigenvalue weighted by atomic mass is 9.96. The minimum atomic E-state index is -0.887. The van der Waals surface area contributed by atoms with Gasteiger partial charge in [0, 0.05) is 5.25 Å². The summed E-state index contributed by atoms with van der Waals surface area (Å²) in [7, 11) is 0. The number of hydrogen-bond donors (Lipinski definition) is 2. The van der Waals surface area contributed by atoms with Crippen molar-refractivity contribution in [3.05, 3.63) is 5.01 Å². The number of nitrogens with zero attached hydrogens (tertiary/aromatic N) is 2. The van der Waals surface area contributed by atoms with Crippen LogP contribution >= 0.6 is 23.1 Å². The van der Waals surface area contributed by atoms with Gasteiger partial charge in [0.2, 0.25) is 0 Å². The maximum atomic E-state index is 11.4. The first-order valence-corrected chi connectivity index (χ1v) is 8.02. The molecule has 0 saturated heterocycles. The van der Waals surface area contributed by atoms with E-state index < -0.39 is 11.5 Å². The van der Waals surface area contributed by atoms with E-state index in [1.807, 2.05) is 20.8 Å². The third-order valence-electron chi connectivity index (χ3n) is 2.74. The molecule has 5 nitrogen and oxygen atoms in total. The van der Waals surface area contributed by atoms with E-state index in [1.165, 1.54) is 0 Å². The number of aliphatic carboxylic acids is 1. The molecule has 2 N–H and O–H groups in total. The molecule has 0 saturated carbocycles. The molecule has 0 aromatic carbocycles. The average molecular weight is 303 g/mol. The highest BCUT2D eigenvalue weighted by Crippen LogP contribution is 2.30. The predicted octanol–water partition coefficient (Wildman–Crippen LogP) is 2.56. The molecule has 0 radical (unpaired) electrons. The highest BCUT2D eigenvalue weighted by Gasteiger charge is 2.34. The van der Waals surface area contributed by atoms with Crippen LogP contribution in [0.1, 0.15) is 38.6 Å². The third-order valence-corrected chi connectivity index (χ3v) is 4.77. The van der Waals surface area contributed by atoms with Gasteiger partial charge in [-0.3, -0.25) is 4.79 Å². The van der Waals surface area contributed by atoms with Crippen LogP contribution in [-0.2, 0) is 4.79 Å². The largest absolute Gasteiger partial charge is 0.480 e. The summed E-state index contributed by atoms with van der Waals surface area (Å²) in [5.41, 5.74) is -0.887. The highest BCUT2D eigenvalue weighted by atomic mass is 32.2. The van der Waals surface area contributed by atoms with Gasteiger partial charge in [-0.15, -0.1) is 10.2 Å². The topological polar surface area (TPSA) is 75.1 Å². The Kier molecular flexibility index (Phi) is 6.22. The van der Waals surface area contributed by atoms with E-state index in [2.05, 4.69) is 15.5 Å². The van der Waals surface area contributed by atoms with Gasteiger partial charge in [-0.2, -0.15) is 0 Å². The van der Waals surface area contributed by atoms with Crippen LogP contribution in [0.2, 0.25) is 0 Å². The molecule has 0 aliphatic rings. The molecule has 1 aromatic heterocycles. The standard InChI is InChI=1S/C12H21N3O2S2/c1-5-6-13-12(4,10(16)17)7-8(2)18-11-15-14-9(3)19-11/h8,13H,5-7H2,1-4H3,(H,16,17). The monoisotopic (exact) mass is 303 g/mol. The number of aromatic nitrogens is 2. The SMILES string of the molecule is CCCNC(C)(CC(C)Sc1nnc(C)s1)C(=O)O. The molecule has 0 bridgehead atoms. The van der Waals surface area contributed by atoms with Crippen LogP contribution in [0.3, 0.4) is 0 Å². The van der Waals surface area contributed by atoms with Crippen molar-refractivity contribution in [2.45, 2.75) is 55.7 Å². The van der Waals surface area contributed by atoms with E-state index in [-0.39, 0.29) is 5.25 Å². The lowest BCUT2D eigenvalue weighted by molar-refractivity contribution is -0.144. The fourth-order valence-corrected chi connectivity index (χ4v) is 4.06. The van der Waals surface area contributed by atoms with E-state index in [0.717, 1.165) is 15.8 Å². The molecule has 19 heavy (non-hydrogen) atoms. The quantitative estimate of drug-likeness (QED) is 0.719. The summed E-state index contributed by atoms with van der Waals surface area (Å²) in [6.45, 7) is 8.41. The van der Waals surface area contributed by atoms with Crippen molar-refractivity contribution in [1.82, 2.24) is 15.5 Å². The molecule has 1 rings (SSSR count). The average Bonchev–Trinajstić information content (AvgIpc) is 2.71. The second kappa shape index (κ2) is 7.21. The molecule has 1 heterocycles. The maximum Gasteiger partial charge on any atom is 0.323 e. The maximum absolute atomic E-state index is 11.4. The predicted molar refractivity (Wildman–Crippen MR) is 78.9 cm³/mol. The molecule has 0 spiro atoms. The number of nitrogens with one attached hydrogen (secondary N) is 1. The smallest absolute Gasteiger partial charge is 0.323 e. The molecule has 0 aliphatic carbocycles. The van der Waals surface area contributed by atoms with Crippen molar-refractivity contribution >= 4 is 29.1 Å². The molecule has 2 atom stereocenters. The zero-order chi connectivity index (χ0) is 14.5. The molecule has 2 unspecified atom stereocenters. The van der Waals surface area contributed by atoms with Crippen molar-refractivity contribution in [3.63, 3.8) is 0 Å². The van der Waals surface area contributed by atoms with Gasteiger partial charge >= 0.3 is 5.97 Å². The van der Waals surface area contributed by atoms with Gasteiger partial charge in [0.25, 0.3) is 0 Å². The van der Waals surface area contributed by atoms with Crippen molar-refractivity contribution in [2.75, 3.05) is 6.54 Å². The first-order valence-electron chi connectivity index (χ1n) is 6.32. The zero-order valence-corrected chi connectivity index (χ0v) is 13.4. The molecule has 0 fully saturated rings. The van der Waals surface area contributed by atoms with Gasteiger partial charge in [0.05, 0.1) is 0 Å². The Balaban J connectivity index is 2.60. The van der Waals surface area contributed by atoms with Crippen molar-refractivity contribution in [2.24, 2.45) is 0 Å². The summed E-state index contributed by atoms with van der Waals surface area (Å²) in [4.78, 5) is 11.4. The Morgan fingerprint density at radius 3 is 2.74 bits per heavy atom. The van der Waals surface area contributed by atoms with Crippen LogP contribution in [0.15, 0.2) is 4.34 Å². The second-order valence-corrected chi connectivity index (χ2v) is 7.65. The van der Waals surface area contributed by atoms with E-state index in [4.69, 9.17) is 0 Å². The number of rotatable bonds is 8. The van der Waals surface area contributed by atoms with E-state index in [9.17, 15) is 9.90 Å². The summed E-state index contributed by atoms with van der Waals surface area (Å²) in [6, 6.07) is 0. The molecule has 1 aromatic rings. The molecule has 108 valence electrons. The van der Waals surface area contributed by atoms with Crippen LogP contribution < -0.4 is 5.32 Å². The summed E-state index contributed by atoms with van der Waals surface area (Å²) >= 11 is 3.12. The molecule has 0 amide bonds. The number of thioether (sulfide) groups is 1. The van der Waals surface area contributed by atoms with Crippen LogP contribution in [0.4, 0.5) is 0 Å². The molecule has 7 heteroatoms. The van der Waals surface area contributed by atoms with Crippen LogP contribution in [0.5, 0.6) is 0 Å². The van der Waals surface area contributed by atoms with E-state index in [1.54, 1.807) is 30.0 Å². The summed E-state index contributed by atoms with van der Waals surface area (Å²) < 4.78 is 0.897. The van der Waals surface area contributed by atoms with Crippen molar-refractivity contribution in [3.8, 4) is 0 Å². The summed E-state index contributed by atoms with van der Waals surface area (Å²) in [5.74, 6) is -0.804. The zero-order valence-electron chi connectivity index (χ0n) is 11.8. The van der Waals surface area contributed by atoms with E-state index in [0.29, 0.717) is 13.0 Å². The minimum absolute atomic E-state index is 0.165. The van der Waals surface area contributed by atoms with Gasteiger partial charge in [0.15, 0.2) is 4.34 Å². The Morgan fingerprint density at radius 2 is 2.26 bits per heavy atom. The van der Waals surface area contributed by atoms with Gasteiger partial charge in [-0.25, -0.2) is 0 Å². The first-order chi connectivity index (χ1) is 8.87. The Bertz CT molecular complexity index is 425. The number of aryl methyl sites for hydroxylation is 1. The highest BCUT2D eigenvalue weighted by molar-refractivity contribution is 8.01. The van der Waals surface area contributed by atoms with Crippen molar-refractivity contribution < 1.29 is 9.90 Å². The van der Waals surface area contributed by atoms with Crippen LogP contribution in [-0.4, -0.2) is 38.6 Å². The van der Waals surface area contributed by atoms with Crippen molar-refractivity contribution in [1.29, 1.82) is 0 Å². The number of carbonyl (C=O) groups is 1. The van der Waals surface area contributed by atoms with Gasteiger partial charge in [-0.05, 0) is 33.2 Å². The Hall–Kier alpha value is -0.660. The fraction of sp³-hybridized carbons (Fsp3) is 0.750. The normalized spacial score (nSPS) is 16.0. The first kappa shape index (κ1) is 16.4. The van der Waals surface area contributed by atoms with E-state index >= 15 is 0 Å². The summed E-state index contributed by atoms with van der Waals surface area (Å²) in [5, 5.41) is 21.6. The fourth-order valence-electron chi connectivity index (χ4n) is 1.75. The van der Waals surface area contributed by atoms with Crippen LogP contribution in [0, 0.1) is 6.92 Å². The van der Waals surface area contributed by atoms with Crippen LogP contribution in [0.25, 0.3) is 0 Å². The third kappa shape index (κ3) is 5.08. The van der Waals surface area contributed by atoms with Gasteiger partial charge in [-0.1, -0.05) is 36.9 Å². The van der Waals surface area contributed by atoms with Gasteiger partial charge < -0.3 is 10.4 Å². The number of carboxylic acids is 1. The summed E-state index contributed by atoms with van der Waals surface area (Å²) in [6.07, 6.45) is 1.46. The lowest BCUT2D eigenvalue weighted by Gasteiger charge is -2.28. The van der Waals surface area contributed by atoms with Gasteiger partial charge in [0.1, 0.15) is 10.5 Å². The minimum Gasteiger partial charge on any atom is -0.480 e. The molecule has 0 aliphatic heterocycles. The number of carboxylic acid groups (broad SMARTS) is 1. The number of hydrogen-bond acceptors (Lipinski definition) is 6.